The average Bonchev–Trinajstić information content (AvgIpc) is 2.93. The van der Waals surface area contributed by atoms with E-state index >= 15 is 0 Å². The predicted molar refractivity (Wildman–Crippen MR) is 92.5 cm³/mol. The zero-order valence-corrected chi connectivity index (χ0v) is 14.3. The lowest BCUT2D eigenvalue weighted by molar-refractivity contribution is 0.0669. The van der Waals surface area contributed by atoms with Crippen molar-refractivity contribution in [3.8, 4) is 5.75 Å². The molecule has 0 aliphatic heterocycles. The third kappa shape index (κ3) is 4.31. The van der Waals surface area contributed by atoms with Crippen molar-refractivity contribution in [1.82, 2.24) is 9.88 Å². The molecular formula is C18H24N2O2S. The normalized spacial score (nSPS) is 21.7. The minimum absolute atomic E-state index is 0.140. The standard InChI is InChI=1S/C18H24N2O2S/c1-13-18(23-12-19-13)11-20(15-5-7-16(21)8-6-15)10-14-3-2-4-17(22)9-14/h2-4,9,12,15-16,21-22H,5-8,10-11H2,1H3. The van der Waals surface area contributed by atoms with Crippen LogP contribution in [0.3, 0.4) is 0 Å². The van der Waals surface area contributed by atoms with E-state index in [0.717, 1.165) is 50.0 Å². The number of hydrogen-bond acceptors (Lipinski definition) is 5. The largest absolute Gasteiger partial charge is 0.508 e. The number of nitrogens with zero attached hydrogens (tertiary/aromatic N) is 2. The van der Waals surface area contributed by atoms with Gasteiger partial charge in [-0.15, -0.1) is 11.3 Å². The fourth-order valence-corrected chi connectivity index (χ4v) is 4.09. The van der Waals surface area contributed by atoms with E-state index in [0.29, 0.717) is 11.8 Å². The number of aromatic hydroxyl groups is 1. The molecule has 4 nitrogen and oxygen atoms in total. The first-order chi connectivity index (χ1) is 11.1. The van der Waals surface area contributed by atoms with Gasteiger partial charge in [-0.3, -0.25) is 4.90 Å². The first-order valence-electron chi connectivity index (χ1n) is 8.21. The molecule has 0 radical (unpaired) electrons. The Balaban J connectivity index is 1.76. The number of phenols is 1. The van der Waals surface area contributed by atoms with Gasteiger partial charge in [-0.2, -0.15) is 0 Å². The van der Waals surface area contributed by atoms with Crippen molar-refractivity contribution >= 4 is 11.3 Å². The second-order valence-electron chi connectivity index (χ2n) is 6.40. The number of aryl methyl sites for hydroxylation is 1. The van der Waals surface area contributed by atoms with Gasteiger partial charge in [-0.05, 0) is 50.3 Å². The number of aliphatic hydroxyl groups is 1. The fourth-order valence-electron chi connectivity index (χ4n) is 3.29. The molecule has 1 saturated carbocycles. The third-order valence-electron chi connectivity index (χ3n) is 4.67. The molecule has 1 aliphatic carbocycles. The van der Waals surface area contributed by atoms with Crippen LogP contribution in [0.2, 0.25) is 0 Å². The topological polar surface area (TPSA) is 56.6 Å². The van der Waals surface area contributed by atoms with E-state index in [1.807, 2.05) is 17.6 Å². The highest BCUT2D eigenvalue weighted by molar-refractivity contribution is 7.09. The lowest BCUT2D eigenvalue weighted by Crippen LogP contribution is -2.38. The van der Waals surface area contributed by atoms with Gasteiger partial charge in [-0.1, -0.05) is 12.1 Å². The molecule has 1 aromatic carbocycles. The van der Waals surface area contributed by atoms with E-state index < -0.39 is 0 Å². The minimum Gasteiger partial charge on any atom is -0.508 e. The minimum atomic E-state index is -0.140. The Bertz CT molecular complexity index is 635. The van der Waals surface area contributed by atoms with Gasteiger partial charge in [0.2, 0.25) is 0 Å². The number of aliphatic hydroxyl groups excluding tert-OH is 1. The van der Waals surface area contributed by atoms with Gasteiger partial charge < -0.3 is 10.2 Å². The summed E-state index contributed by atoms with van der Waals surface area (Å²) in [5.74, 6) is 0.315. The Morgan fingerprint density at radius 3 is 2.65 bits per heavy atom. The molecule has 0 atom stereocenters. The Kier molecular flexibility index (Phi) is 5.30. The lowest BCUT2D eigenvalue weighted by Gasteiger charge is -2.35. The van der Waals surface area contributed by atoms with Crippen molar-refractivity contribution in [1.29, 1.82) is 0 Å². The molecule has 1 aromatic heterocycles. The molecule has 5 heteroatoms. The second-order valence-corrected chi connectivity index (χ2v) is 7.34. The molecule has 0 unspecified atom stereocenters. The van der Waals surface area contributed by atoms with Crippen LogP contribution in [0.25, 0.3) is 0 Å². The summed E-state index contributed by atoms with van der Waals surface area (Å²) >= 11 is 1.70. The van der Waals surface area contributed by atoms with Gasteiger partial charge in [0.05, 0.1) is 17.3 Å². The van der Waals surface area contributed by atoms with Crippen LogP contribution >= 0.6 is 11.3 Å². The summed E-state index contributed by atoms with van der Waals surface area (Å²) in [7, 11) is 0. The molecule has 23 heavy (non-hydrogen) atoms. The number of phenolic OH excluding ortho intramolecular Hbond substituents is 1. The van der Waals surface area contributed by atoms with Crippen molar-refractivity contribution in [3.63, 3.8) is 0 Å². The quantitative estimate of drug-likeness (QED) is 0.880. The van der Waals surface area contributed by atoms with Gasteiger partial charge in [0.25, 0.3) is 0 Å². The van der Waals surface area contributed by atoms with Crippen molar-refractivity contribution in [2.75, 3.05) is 0 Å². The van der Waals surface area contributed by atoms with Crippen molar-refractivity contribution in [3.05, 3.63) is 45.9 Å². The van der Waals surface area contributed by atoms with Crippen molar-refractivity contribution < 1.29 is 10.2 Å². The Morgan fingerprint density at radius 1 is 1.22 bits per heavy atom. The predicted octanol–water partition coefficient (Wildman–Crippen LogP) is 3.46. The van der Waals surface area contributed by atoms with E-state index in [1.165, 1.54) is 4.88 Å². The maximum atomic E-state index is 9.78. The molecule has 1 fully saturated rings. The second kappa shape index (κ2) is 7.43. The summed E-state index contributed by atoms with van der Waals surface area (Å²) in [5.41, 5.74) is 4.13. The number of aromatic nitrogens is 1. The van der Waals surface area contributed by atoms with Crippen LogP contribution in [-0.2, 0) is 13.1 Å². The van der Waals surface area contributed by atoms with Crippen LogP contribution in [0.5, 0.6) is 5.75 Å². The number of benzene rings is 1. The summed E-state index contributed by atoms with van der Waals surface area (Å²) in [6, 6.07) is 7.97. The SMILES string of the molecule is Cc1ncsc1CN(Cc1cccc(O)c1)C1CCC(O)CC1. The number of hydrogen-bond donors (Lipinski definition) is 2. The van der Waals surface area contributed by atoms with Crippen LogP contribution in [0.1, 0.15) is 41.8 Å². The van der Waals surface area contributed by atoms with Gasteiger partial charge in [0, 0.05) is 24.0 Å². The van der Waals surface area contributed by atoms with E-state index in [2.05, 4.69) is 22.9 Å². The summed E-state index contributed by atoms with van der Waals surface area (Å²) in [5, 5.41) is 19.5. The molecule has 0 saturated heterocycles. The molecule has 3 rings (SSSR count). The van der Waals surface area contributed by atoms with Crippen molar-refractivity contribution in [2.45, 2.75) is 57.8 Å². The van der Waals surface area contributed by atoms with Gasteiger partial charge in [0.1, 0.15) is 5.75 Å². The highest BCUT2D eigenvalue weighted by Crippen LogP contribution is 2.28. The first-order valence-corrected chi connectivity index (χ1v) is 9.09. The zero-order valence-electron chi connectivity index (χ0n) is 13.5. The summed E-state index contributed by atoms with van der Waals surface area (Å²) in [6.07, 6.45) is 3.67. The van der Waals surface area contributed by atoms with Gasteiger partial charge >= 0.3 is 0 Å². The van der Waals surface area contributed by atoms with Gasteiger partial charge in [0.15, 0.2) is 0 Å². The van der Waals surface area contributed by atoms with Crippen LogP contribution in [0, 0.1) is 6.92 Å². The molecule has 124 valence electrons. The maximum absolute atomic E-state index is 9.78. The molecule has 0 amide bonds. The highest BCUT2D eigenvalue weighted by Gasteiger charge is 2.25. The van der Waals surface area contributed by atoms with Gasteiger partial charge in [-0.25, -0.2) is 4.98 Å². The fraction of sp³-hybridized carbons (Fsp3) is 0.500. The van der Waals surface area contributed by atoms with E-state index in [9.17, 15) is 10.2 Å². The Morgan fingerprint density at radius 2 is 2.00 bits per heavy atom. The number of thiazole rings is 1. The zero-order chi connectivity index (χ0) is 16.2. The first kappa shape index (κ1) is 16.4. The van der Waals surface area contributed by atoms with Crippen LogP contribution in [0.15, 0.2) is 29.8 Å². The van der Waals surface area contributed by atoms with Crippen LogP contribution in [-0.4, -0.2) is 32.2 Å². The molecule has 1 heterocycles. The Hall–Kier alpha value is -1.43. The monoisotopic (exact) mass is 332 g/mol. The van der Waals surface area contributed by atoms with E-state index in [4.69, 9.17) is 0 Å². The molecule has 2 N–H and O–H groups in total. The van der Waals surface area contributed by atoms with E-state index in [1.54, 1.807) is 17.4 Å². The molecule has 0 spiro atoms. The van der Waals surface area contributed by atoms with Crippen molar-refractivity contribution in [2.24, 2.45) is 0 Å². The van der Waals surface area contributed by atoms with Crippen LogP contribution < -0.4 is 0 Å². The summed E-state index contributed by atoms with van der Waals surface area (Å²) in [6.45, 7) is 3.75. The average molecular weight is 332 g/mol. The summed E-state index contributed by atoms with van der Waals surface area (Å²) < 4.78 is 0. The van der Waals surface area contributed by atoms with Crippen LogP contribution in [0.4, 0.5) is 0 Å². The van der Waals surface area contributed by atoms with E-state index in [-0.39, 0.29) is 6.10 Å². The smallest absolute Gasteiger partial charge is 0.115 e. The highest BCUT2D eigenvalue weighted by atomic mass is 32.1. The molecular weight excluding hydrogens is 308 g/mol. The molecule has 2 aromatic rings. The lowest BCUT2D eigenvalue weighted by atomic mass is 9.91. The molecule has 0 bridgehead atoms. The number of rotatable bonds is 5. The maximum Gasteiger partial charge on any atom is 0.115 e. The molecule has 1 aliphatic rings. The Labute approximate surface area is 141 Å². The third-order valence-corrected chi connectivity index (χ3v) is 5.59. The summed E-state index contributed by atoms with van der Waals surface area (Å²) in [4.78, 5) is 8.14.